The third-order valence-electron chi connectivity index (χ3n) is 4.43. The van der Waals surface area contributed by atoms with Crippen LogP contribution in [0, 0.1) is 0 Å². The van der Waals surface area contributed by atoms with Crippen molar-refractivity contribution < 1.29 is 0 Å². The van der Waals surface area contributed by atoms with Crippen molar-refractivity contribution in [3.63, 3.8) is 0 Å². The lowest BCUT2D eigenvalue weighted by Crippen LogP contribution is -2.37. The van der Waals surface area contributed by atoms with Gasteiger partial charge >= 0.3 is 0 Å². The molecule has 0 N–H and O–H groups in total. The molecule has 0 radical (unpaired) electrons. The highest BCUT2D eigenvalue weighted by Gasteiger charge is 2.30. The summed E-state index contributed by atoms with van der Waals surface area (Å²) in [4.78, 5) is 14.2. The summed E-state index contributed by atoms with van der Waals surface area (Å²) in [6.45, 7) is 4.63. The Kier molecular flexibility index (Phi) is 3.15. The number of aromatic nitrogens is 3. The van der Waals surface area contributed by atoms with Crippen LogP contribution in [0.25, 0.3) is 5.65 Å². The minimum atomic E-state index is 0.688. The van der Waals surface area contributed by atoms with Gasteiger partial charge in [0, 0.05) is 44.3 Å². The molecule has 2 aromatic heterocycles. The zero-order valence-corrected chi connectivity index (χ0v) is 13.0. The number of halogens is 1. The summed E-state index contributed by atoms with van der Waals surface area (Å²) < 4.78 is 2.91. The van der Waals surface area contributed by atoms with E-state index in [1.807, 2.05) is 23.0 Å². The SMILES string of the molecule is Brc1cn2ccnc2c(N2CCCN3CCCC3C2)n1. The van der Waals surface area contributed by atoms with Crippen molar-refractivity contribution in [1.82, 2.24) is 19.3 Å². The van der Waals surface area contributed by atoms with Crippen molar-refractivity contribution in [3.8, 4) is 0 Å². The Morgan fingerprint density at radius 3 is 3.05 bits per heavy atom. The van der Waals surface area contributed by atoms with E-state index < -0.39 is 0 Å². The van der Waals surface area contributed by atoms with Crippen LogP contribution in [0.5, 0.6) is 0 Å². The van der Waals surface area contributed by atoms with Gasteiger partial charge in [-0.3, -0.25) is 4.90 Å². The van der Waals surface area contributed by atoms with E-state index in [1.165, 1.54) is 32.4 Å². The minimum absolute atomic E-state index is 0.688. The van der Waals surface area contributed by atoms with E-state index in [9.17, 15) is 0 Å². The summed E-state index contributed by atoms with van der Waals surface area (Å²) >= 11 is 3.51. The Balaban J connectivity index is 1.72. The van der Waals surface area contributed by atoms with Gasteiger partial charge in [-0.05, 0) is 41.7 Å². The van der Waals surface area contributed by atoms with Crippen molar-refractivity contribution >= 4 is 27.4 Å². The topological polar surface area (TPSA) is 36.7 Å². The fourth-order valence-corrected chi connectivity index (χ4v) is 3.88. The normalized spacial score (nSPS) is 24.1. The molecule has 106 valence electrons. The predicted molar refractivity (Wildman–Crippen MR) is 82.1 cm³/mol. The first-order valence-corrected chi connectivity index (χ1v) is 8.09. The first-order chi connectivity index (χ1) is 9.81. The van der Waals surface area contributed by atoms with Gasteiger partial charge in [0.2, 0.25) is 0 Å². The maximum Gasteiger partial charge on any atom is 0.180 e. The Morgan fingerprint density at radius 2 is 2.10 bits per heavy atom. The average Bonchev–Trinajstić information content (AvgIpc) is 3.02. The number of nitrogens with zero attached hydrogens (tertiary/aromatic N) is 5. The van der Waals surface area contributed by atoms with Crippen molar-refractivity contribution in [3.05, 3.63) is 23.2 Å². The maximum atomic E-state index is 4.69. The highest BCUT2D eigenvalue weighted by atomic mass is 79.9. The minimum Gasteiger partial charge on any atom is -0.352 e. The molecule has 2 saturated heterocycles. The zero-order valence-electron chi connectivity index (χ0n) is 11.4. The largest absolute Gasteiger partial charge is 0.352 e. The molecule has 2 aromatic rings. The third-order valence-corrected chi connectivity index (χ3v) is 4.81. The number of hydrogen-bond donors (Lipinski definition) is 0. The summed E-state index contributed by atoms with van der Waals surface area (Å²) in [7, 11) is 0. The molecule has 4 heterocycles. The standard InChI is InChI=1S/C14H18BrN5/c15-12-10-20-8-4-16-13(20)14(17-12)19-7-2-6-18-5-1-3-11(18)9-19/h4,8,10-11H,1-3,5-7,9H2. The van der Waals surface area contributed by atoms with Crippen LogP contribution in [-0.4, -0.2) is 51.5 Å². The van der Waals surface area contributed by atoms with Crippen LogP contribution in [0.3, 0.4) is 0 Å². The van der Waals surface area contributed by atoms with E-state index in [2.05, 4.69) is 30.7 Å². The predicted octanol–water partition coefficient (Wildman–Crippen LogP) is 2.17. The highest BCUT2D eigenvalue weighted by molar-refractivity contribution is 9.10. The van der Waals surface area contributed by atoms with Gasteiger partial charge in [-0.1, -0.05) is 0 Å². The molecule has 0 saturated carbocycles. The van der Waals surface area contributed by atoms with Gasteiger partial charge < -0.3 is 9.30 Å². The van der Waals surface area contributed by atoms with Crippen LogP contribution in [0.4, 0.5) is 5.82 Å². The van der Waals surface area contributed by atoms with Crippen LogP contribution in [0.2, 0.25) is 0 Å². The molecule has 1 unspecified atom stereocenters. The van der Waals surface area contributed by atoms with E-state index >= 15 is 0 Å². The van der Waals surface area contributed by atoms with Gasteiger partial charge in [0.25, 0.3) is 0 Å². The summed E-state index contributed by atoms with van der Waals surface area (Å²) in [6, 6.07) is 0.688. The number of fused-ring (bicyclic) bond motifs is 2. The van der Waals surface area contributed by atoms with Crippen LogP contribution in [0.1, 0.15) is 19.3 Å². The van der Waals surface area contributed by atoms with Gasteiger partial charge in [-0.15, -0.1) is 0 Å². The maximum absolute atomic E-state index is 4.69. The second-order valence-corrected chi connectivity index (χ2v) is 6.49. The van der Waals surface area contributed by atoms with Crippen LogP contribution in [-0.2, 0) is 0 Å². The molecule has 2 fully saturated rings. The molecular formula is C14H18BrN5. The van der Waals surface area contributed by atoms with Crippen molar-refractivity contribution in [2.75, 3.05) is 31.1 Å². The molecule has 0 bridgehead atoms. The zero-order chi connectivity index (χ0) is 13.5. The molecule has 2 aliphatic heterocycles. The summed E-state index contributed by atoms with van der Waals surface area (Å²) in [6.07, 6.45) is 9.64. The lowest BCUT2D eigenvalue weighted by atomic mass is 10.2. The number of hydrogen-bond acceptors (Lipinski definition) is 4. The van der Waals surface area contributed by atoms with Gasteiger partial charge in [0.1, 0.15) is 4.60 Å². The molecule has 0 aromatic carbocycles. The highest BCUT2D eigenvalue weighted by Crippen LogP contribution is 2.27. The first-order valence-electron chi connectivity index (χ1n) is 7.29. The molecule has 6 heteroatoms. The number of imidazole rings is 1. The number of rotatable bonds is 1. The molecule has 0 aliphatic carbocycles. The van der Waals surface area contributed by atoms with Crippen LogP contribution in [0.15, 0.2) is 23.2 Å². The summed E-state index contributed by atoms with van der Waals surface area (Å²) in [5.41, 5.74) is 0.958. The Bertz CT molecular complexity index is 625. The average molecular weight is 336 g/mol. The first kappa shape index (κ1) is 12.6. The molecular weight excluding hydrogens is 318 g/mol. The second kappa shape index (κ2) is 5.00. The Hall–Kier alpha value is -1.14. The molecule has 2 aliphatic rings. The van der Waals surface area contributed by atoms with Crippen molar-refractivity contribution in [2.45, 2.75) is 25.3 Å². The summed E-state index contributed by atoms with van der Waals surface area (Å²) in [5, 5.41) is 0. The molecule has 4 rings (SSSR count). The van der Waals surface area contributed by atoms with Gasteiger partial charge in [0.05, 0.1) is 0 Å². The van der Waals surface area contributed by atoms with Gasteiger partial charge in [-0.2, -0.15) is 0 Å². The van der Waals surface area contributed by atoms with Crippen LogP contribution >= 0.6 is 15.9 Å². The number of anilines is 1. The smallest absolute Gasteiger partial charge is 0.180 e. The van der Waals surface area contributed by atoms with Crippen molar-refractivity contribution in [1.29, 1.82) is 0 Å². The second-order valence-electron chi connectivity index (χ2n) is 5.68. The molecule has 5 nitrogen and oxygen atoms in total. The lowest BCUT2D eigenvalue weighted by molar-refractivity contribution is 0.273. The molecule has 1 atom stereocenters. The van der Waals surface area contributed by atoms with E-state index in [4.69, 9.17) is 4.98 Å². The Labute approximate surface area is 126 Å². The fourth-order valence-electron chi connectivity index (χ4n) is 3.50. The van der Waals surface area contributed by atoms with E-state index in [0.717, 1.165) is 29.2 Å². The summed E-state index contributed by atoms with van der Waals surface area (Å²) in [5.74, 6) is 1.01. The van der Waals surface area contributed by atoms with Crippen molar-refractivity contribution in [2.24, 2.45) is 0 Å². The fraction of sp³-hybridized carbons (Fsp3) is 0.571. The Morgan fingerprint density at radius 1 is 1.20 bits per heavy atom. The van der Waals surface area contributed by atoms with Gasteiger partial charge in [0.15, 0.2) is 11.5 Å². The van der Waals surface area contributed by atoms with E-state index in [1.54, 1.807) is 0 Å². The van der Waals surface area contributed by atoms with Crippen LogP contribution < -0.4 is 4.90 Å². The quantitative estimate of drug-likeness (QED) is 0.800. The van der Waals surface area contributed by atoms with Gasteiger partial charge in [-0.25, -0.2) is 9.97 Å². The van der Waals surface area contributed by atoms with E-state index in [0.29, 0.717) is 6.04 Å². The molecule has 0 amide bonds. The lowest BCUT2D eigenvalue weighted by Gasteiger charge is -2.26. The van der Waals surface area contributed by atoms with E-state index in [-0.39, 0.29) is 0 Å². The molecule has 0 spiro atoms. The third kappa shape index (κ3) is 2.11. The molecule has 20 heavy (non-hydrogen) atoms. The monoisotopic (exact) mass is 335 g/mol.